The molecule has 4 aromatic rings. The van der Waals surface area contributed by atoms with Gasteiger partial charge in [0.15, 0.2) is 17.9 Å². The van der Waals surface area contributed by atoms with Crippen molar-refractivity contribution in [2.45, 2.75) is 94.3 Å². The number of carbonyl (C=O) groups excluding carboxylic acids is 6. The normalized spacial score (nSPS) is 21.4. The Hall–Kier alpha value is -7.48. The number of ether oxygens (including phenoxy) is 11. The summed E-state index contributed by atoms with van der Waals surface area (Å²) in [5.41, 5.74) is 4.56. The van der Waals surface area contributed by atoms with Crippen LogP contribution in [0.2, 0.25) is 0 Å². The third-order valence-electron chi connectivity index (χ3n) is 15.7. The van der Waals surface area contributed by atoms with Gasteiger partial charge in [0.1, 0.15) is 60.0 Å². The zero-order valence-corrected chi connectivity index (χ0v) is 50.3. The summed E-state index contributed by atoms with van der Waals surface area (Å²) in [7, 11) is 1.29. The molecule has 2 aliphatic heterocycles. The highest BCUT2D eigenvalue weighted by Crippen LogP contribution is 2.52. The van der Waals surface area contributed by atoms with E-state index >= 15 is 0 Å². The number of nitrogens with zero attached hydrogens (tertiary/aromatic N) is 5. The summed E-state index contributed by atoms with van der Waals surface area (Å²) >= 11 is 0. The van der Waals surface area contributed by atoms with Crippen LogP contribution in [0.25, 0.3) is 21.3 Å². The van der Waals surface area contributed by atoms with Crippen LogP contribution in [0.3, 0.4) is 0 Å². The lowest BCUT2D eigenvalue weighted by Gasteiger charge is -2.43. The maximum Gasteiger partial charge on any atom is 0.252 e. The molecule has 488 valence electrons. The van der Waals surface area contributed by atoms with Crippen LogP contribution in [0.1, 0.15) is 99.0 Å². The highest BCUT2D eigenvalue weighted by molar-refractivity contribution is 6.31. The number of benzene rings is 3. The van der Waals surface area contributed by atoms with E-state index in [1.54, 1.807) is 18.2 Å². The summed E-state index contributed by atoms with van der Waals surface area (Å²) in [5.74, 6) is -5.61. The Morgan fingerprint density at radius 3 is 2.09 bits per heavy atom. The number of likely N-dealkylation sites (tertiary alicyclic amines) is 1. The van der Waals surface area contributed by atoms with Crippen LogP contribution in [0.5, 0.6) is 23.0 Å². The van der Waals surface area contributed by atoms with Gasteiger partial charge in [-0.2, -0.15) is 0 Å². The molecule has 0 spiro atoms. The number of aliphatic hydroxyl groups is 3. The molecule has 0 radical (unpaired) electrons. The van der Waals surface area contributed by atoms with E-state index in [0.717, 1.165) is 0 Å². The molecule has 3 amide bonds. The van der Waals surface area contributed by atoms with Gasteiger partial charge >= 0.3 is 0 Å². The van der Waals surface area contributed by atoms with Gasteiger partial charge in [0.25, 0.3) is 5.91 Å². The van der Waals surface area contributed by atoms with Crippen molar-refractivity contribution in [3.8, 4) is 23.0 Å². The molecule has 1 aromatic heterocycles. The number of aromatic hydroxyl groups is 2. The summed E-state index contributed by atoms with van der Waals surface area (Å²) in [6.45, 7) is 7.94. The van der Waals surface area contributed by atoms with E-state index in [9.17, 15) is 54.3 Å². The lowest BCUT2D eigenvalue weighted by Crippen LogP contribution is -2.59. The number of pyridine rings is 1. The Morgan fingerprint density at radius 2 is 1.47 bits per heavy atom. The molecular weight excluding hydrogens is 1180 g/mol. The number of hydrogen-bond donors (Lipinski definition) is 7. The molecule has 90 heavy (non-hydrogen) atoms. The second kappa shape index (κ2) is 33.0. The minimum absolute atomic E-state index is 0.0289. The maximum atomic E-state index is 14.2. The van der Waals surface area contributed by atoms with Crippen LogP contribution < -0.4 is 20.1 Å². The SMILES string of the molecule is COc1cccc2c1C(=O)c1c(O)c3c(c(O)c1C2=O)C[C@@](O)(C(=O)CO)C[C@@H]3O[C@H]1C[C@H](NC(=O)[C@@H]2CCCN2C(=O)[C@@H](C)NC(=O)c2ccnc3ccc(OCCOCCOCCOCCOCCOCCOCCOCCN=[N+]=[N-])cc23)[C@H](O)[C@H](C)O1. The molecule has 2 aliphatic carbocycles. The first-order valence-electron chi connectivity index (χ1n) is 29.7. The minimum atomic E-state index is -2.42. The Bertz CT molecular complexity index is 3240. The average molecular weight is 1260 g/mol. The highest BCUT2D eigenvalue weighted by atomic mass is 16.7. The number of azide groups is 1. The van der Waals surface area contributed by atoms with Gasteiger partial charge in [-0.15, -0.1) is 0 Å². The molecule has 2 saturated heterocycles. The van der Waals surface area contributed by atoms with Crippen molar-refractivity contribution >= 4 is 46.0 Å². The Morgan fingerprint density at radius 1 is 0.844 bits per heavy atom. The van der Waals surface area contributed by atoms with E-state index in [0.29, 0.717) is 109 Å². The molecule has 2 fully saturated rings. The van der Waals surface area contributed by atoms with Gasteiger partial charge in [-0.05, 0) is 62.6 Å². The number of hydrogen-bond acceptors (Lipinski definition) is 24. The van der Waals surface area contributed by atoms with Crippen LogP contribution in [0, 0.1) is 0 Å². The second-order valence-corrected chi connectivity index (χ2v) is 21.6. The van der Waals surface area contributed by atoms with Crippen molar-refractivity contribution in [1.29, 1.82) is 0 Å². The Kier molecular flexibility index (Phi) is 25.1. The van der Waals surface area contributed by atoms with E-state index < -0.39 is 125 Å². The van der Waals surface area contributed by atoms with Crippen LogP contribution in [-0.4, -0.2) is 239 Å². The van der Waals surface area contributed by atoms with E-state index in [1.807, 2.05) is 0 Å². The summed E-state index contributed by atoms with van der Waals surface area (Å²) in [6.07, 6.45) is -4.72. The summed E-state index contributed by atoms with van der Waals surface area (Å²) < 4.78 is 62.0. The fourth-order valence-electron chi connectivity index (χ4n) is 11.2. The topological polar surface area (TPSA) is 394 Å². The first-order chi connectivity index (χ1) is 43.5. The van der Waals surface area contributed by atoms with Crippen molar-refractivity contribution in [1.82, 2.24) is 20.5 Å². The van der Waals surface area contributed by atoms with Crippen LogP contribution in [0.15, 0.2) is 53.8 Å². The Balaban J connectivity index is 0.778. The number of phenols is 2. The van der Waals surface area contributed by atoms with Crippen LogP contribution >= 0.6 is 0 Å². The highest BCUT2D eigenvalue weighted by Gasteiger charge is 2.51. The van der Waals surface area contributed by atoms with Crippen molar-refractivity contribution in [3.63, 3.8) is 0 Å². The van der Waals surface area contributed by atoms with Gasteiger partial charge in [0, 0.05) is 65.5 Å². The van der Waals surface area contributed by atoms with Crippen molar-refractivity contribution in [2.75, 3.05) is 126 Å². The van der Waals surface area contributed by atoms with E-state index in [2.05, 4.69) is 25.6 Å². The molecular formula is C61H77N7O22. The number of Topliss-reactive ketones (excluding diaryl/α,β-unsaturated/α-hetero) is 1. The fourth-order valence-corrected chi connectivity index (χ4v) is 11.2. The molecule has 7 N–H and O–H groups in total. The summed E-state index contributed by atoms with van der Waals surface area (Å²) in [5, 5.41) is 66.3. The average Bonchev–Trinajstić information content (AvgIpc) is 0.775. The van der Waals surface area contributed by atoms with Gasteiger partial charge in [-0.3, -0.25) is 33.8 Å². The fraction of sp³-hybridized carbons (Fsp3) is 0.557. The van der Waals surface area contributed by atoms with Gasteiger partial charge < -0.3 is 93.2 Å². The lowest BCUT2D eigenvalue weighted by atomic mass is 9.72. The third kappa shape index (κ3) is 16.7. The first-order valence-corrected chi connectivity index (χ1v) is 29.7. The molecule has 0 bridgehead atoms. The third-order valence-corrected chi connectivity index (χ3v) is 15.7. The minimum Gasteiger partial charge on any atom is -0.507 e. The molecule has 0 unspecified atom stereocenters. The molecule has 8 rings (SSSR count). The van der Waals surface area contributed by atoms with E-state index in [4.69, 9.17) is 57.6 Å². The number of ketones is 3. The standard InChI is InChI=1S/C61H77N7O22/c1-35(65-58(76)38-11-12-63-42-10-9-37(30-40(38)42)88-29-28-87-27-26-86-25-24-85-23-22-84-21-20-83-19-18-82-17-16-81-15-13-64-67-62)60(78)68-14-5-7-44(68)59(77)66-43-31-48(89-36(2)53(43)71)90-46-33-61(79,47(70)34-69)32-41-50(46)57(75)52-51(55(41)73)54(72)39-6-4-8-45(80-3)49(39)56(52)74/h4,6,8-12,30,35-36,43-44,46,48,53,69,71,73,75,79H,5,7,13-29,31-34H2,1-3H3,(H,65,76)(H,66,77)/t35-,36+,43+,44+,46+,48+,53-,61+/m1/s1. The van der Waals surface area contributed by atoms with E-state index in [-0.39, 0.29) is 72.7 Å². The number of amides is 3. The molecule has 3 heterocycles. The van der Waals surface area contributed by atoms with Crippen molar-refractivity contribution in [2.24, 2.45) is 5.11 Å². The van der Waals surface area contributed by atoms with Gasteiger partial charge in [0.2, 0.25) is 17.6 Å². The van der Waals surface area contributed by atoms with Crippen LogP contribution in [-0.2, 0) is 63.4 Å². The largest absolute Gasteiger partial charge is 0.507 e. The molecule has 29 nitrogen and oxygen atoms in total. The molecule has 3 aromatic carbocycles. The number of aromatic nitrogens is 1. The number of aliphatic hydroxyl groups excluding tert-OH is 2. The first kappa shape index (κ1) is 68.4. The zero-order valence-electron chi connectivity index (χ0n) is 50.3. The van der Waals surface area contributed by atoms with Gasteiger partial charge in [-0.25, -0.2) is 0 Å². The van der Waals surface area contributed by atoms with Crippen LogP contribution in [0.4, 0.5) is 0 Å². The van der Waals surface area contributed by atoms with Crippen molar-refractivity contribution in [3.05, 3.63) is 98.0 Å². The maximum absolute atomic E-state index is 14.2. The second-order valence-electron chi connectivity index (χ2n) is 21.6. The summed E-state index contributed by atoms with van der Waals surface area (Å²) in [6, 6.07) is 7.65. The zero-order chi connectivity index (χ0) is 64.3. The molecule has 8 atom stereocenters. The lowest BCUT2D eigenvalue weighted by molar-refractivity contribution is -0.249. The van der Waals surface area contributed by atoms with Gasteiger partial charge in [0.05, 0.1) is 146 Å². The predicted molar refractivity (Wildman–Crippen MR) is 314 cm³/mol. The smallest absolute Gasteiger partial charge is 0.252 e. The van der Waals surface area contributed by atoms with Gasteiger partial charge in [-0.1, -0.05) is 17.2 Å². The number of carbonyl (C=O) groups is 6. The number of phenolic OH excluding ortho intramolecular Hbond substituents is 2. The predicted octanol–water partition coefficient (Wildman–Crippen LogP) is 2.32. The van der Waals surface area contributed by atoms with Crippen molar-refractivity contribution < 1.29 is 106 Å². The Labute approximate surface area is 517 Å². The number of nitrogens with one attached hydrogen (secondary N) is 2. The summed E-state index contributed by atoms with van der Waals surface area (Å²) in [4.78, 5) is 91.9. The number of fused-ring (bicyclic) bond motifs is 4. The molecule has 29 heteroatoms. The number of methoxy groups -OCH3 is 1. The number of rotatable bonds is 35. The van der Waals surface area contributed by atoms with E-state index in [1.165, 1.54) is 56.3 Å². The molecule has 4 aliphatic rings. The quantitative estimate of drug-likeness (QED) is 0.0101. The molecule has 0 saturated carbocycles. The monoisotopic (exact) mass is 1260 g/mol.